The topological polar surface area (TPSA) is 12.5 Å². The van der Waals surface area contributed by atoms with Crippen molar-refractivity contribution in [2.75, 3.05) is 19.6 Å². The molecule has 0 N–H and O–H groups in total. The van der Waals surface area contributed by atoms with Crippen molar-refractivity contribution in [2.45, 2.75) is 162 Å². The summed E-state index contributed by atoms with van der Waals surface area (Å²) in [5.41, 5.74) is 0. The molecule has 2 nitrogen and oxygen atoms in total. The Morgan fingerprint density at radius 1 is 0.676 bits per heavy atom. The van der Waals surface area contributed by atoms with Gasteiger partial charge in [0, 0.05) is 25.6 Å². The van der Waals surface area contributed by atoms with E-state index in [1.54, 1.807) is 0 Å². The molecule has 2 unspecified atom stereocenters. The minimum atomic E-state index is 0.0761. The van der Waals surface area contributed by atoms with Crippen LogP contribution in [0.4, 0.5) is 0 Å². The third kappa shape index (κ3) is 16.2. The Hall–Kier alpha value is -0.520. The van der Waals surface area contributed by atoms with Crippen molar-refractivity contribution in [1.82, 2.24) is 4.90 Å². The van der Waals surface area contributed by atoms with Crippen molar-refractivity contribution < 1.29 is 4.74 Å². The van der Waals surface area contributed by atoms with Gasteiger partial charge in [-0.3, -0.25) is 0 Å². The Morgan fingerprint density at radius 3 is 1.82 bits per heavy atom. The molecule has 1 aliphatic rings. The number of hydrogen-bond acceptors (Lipinski definition) is 2. The first kappa shape index (κ1) is 31.5. The first-order chi connectivity index (χ1) is 16.6. The molecule has 0 saturated carbocycles. The molecule has 0 aromatic rings. The summed E-state index contributed by atoms with van der Waals surface area (Å²) in [6.45, 7) is 15.1. The molecule has 200 valence electrons. The third-order valence-electron chi connectivity index (χ3n) is 7.68. The van der Waals surface area contributed by atoms with Crippen molar-refractivity contribution in [3.8, 4) is 11.8 Å². The molecule has 3 atom stereocenters. The third-order valence-corrected chi connectivity index (χ3v) is 7.68. The smallest absolute Gasteiger partial charge is 0.115 e. The van der Waals surface area contributed by atoms with Gasteiger partial charge in [-0.15, -0.1) is 0 Å². The Labute approximate surface area is 215 Å². The summed E-state index contributed by atoms with van der Waals surface area (Å²) in [5.74, 6) is 8.62. The summed E-state index contributed by atoms with van der Waals surface area (Å²) >= 11 is 0. The van der Waals surface area contributed by atoms with Crippen LogP contribution < -0.4 is 0 Å². The molecule has 0 spiro atoms. The SMILES string of the molecule is CCCCCCC(C#C[C@@H](C)OC1CCN(CC(CCCC)CCCCC)CC1)CCCCC. The van der Waals surface area contributed by atoms with Gasteiger partial charge in [-0.05, 0) is 51.4 Å². The van der Waals surface area contributed by atoms with Gasteiger partial charge in [0.1, 0.15) is 6.10 Å². The Bertz CT molecular complexity index is 499. The Balaban J connectivity index is 2.41. The molecule has 0 bridgehead atoms. The predicted molar refractivity (Wildman–Crippen MR) is 151 cm³/mol. The van der Waals surface area contributed by atoms with Gasteiger partial charge in [0.2, 0.25) is 0 Å². The molecule has 2 heteroatoms. The van der Waals surface area contributed by atoms with E-state index in [1.165, 1.54) is 135 Å². The molecule has 1 heterocycles. The molecule has 1 rings (SSSR count). The number of hydrogen-bond donors (Lipinski definition) is 0. The molecule has 1 fully saturated rings. The maximum absolute atomic E-state index is 6.41. The summed E-state index contributed by atoms with van der Waals surface area (Å²) in [5, 5.41) is 0. The lowest BCUT2D eigenvalue weighted by Gasteiger charge is -2.35. The van der Waals surface area contributed by atoms with Crippen LogP contribution in [-0.4, -0.2) is 36.7 Å². The number of rotatable bonds is 20. The van der Waals surface area contributed by atoms with Crippen LogP contribution in [0, 0.1) is 23.7 Å². The lowest BCUT2D eigenvalue weighted by molar-refractivity contribution is -0.0146. The standard InChI is InChI=1S/C32H61NO/c1-6-10-14-17-20-30(19-15-11-7-2)23-22-29(5)34-32-24-26-33(27-25-32)28-31(18-13-9-4)21-16-12-8-3/h29-32H,6-21,24-28H2,1-5H3/t29-,30?,31?/m1/s1. The van der Waals surface area contributed by atoms with Crippen LogP contribution in [0.2, 0.25) is 0 Å². The molecule has 1 aliphatic heterocycles. The molecule has 0 aromatic carbocycles. The fraction of sp³-hybridized carbons (Fsp3) is 0.938. The molecule has 0 aliphatic carbocycles. The summed E-state index contributed by atoms with van der Waals surface area (Å²) < 4.78 is 6.41. The van der Waals surface area contributed by atoms with Crippen LogP contribution in [0.15, 0.2) is 0 Å². The summed E-state index contributed by atoms with van der Waals surface area (Å²) in [4.78, 5) is 2.72. The number of nitrogens with zero attached hydrogens (tertiary/aromatic N) is 1. The lowest BCUT2D eigenvalue weighted by atomic mass is 9.94. The van der Waals surface area contributed by atoms with Crippen LogP contribution in [0.5, 0.6) is 0 Å². The van der Waals surface area contributed by atoms with E-state index < -0.39 is 0 Å². The molecule has 0 aromatic heterocycles. The fourth-order valence-electron chi connectivity index (χ4n) is 5.40. The average molecular weight is 476 g/mol. The zero-order valence-corrected chi connectivity index (χ0v) is 24.0. The van der Waals surface area contributed by atoms with Crippen molar-refractivity contribution in [2.24, 2.45) is 11.8 Å². The Kier molecular flexibility index (Phi) is 20.1. The van der Waals surface area contributed by atoms with E-state index in [4.69, 9.17) is 4.74 Å². The maximum atomic E-state index is 6.41. The quantitative estimate of drug-likeness (QED) is 0.128. The molecule has 0 radical (unpaired) electrons. The van der Waals surface area contributed by atoms with E-state index >= 15 is 0 Å². The van der Waals surface area contributed by atoms with Crippen LogP contribution in [0.1, 0.15) is 150 Å². The van der Waals surface area contributed by atoms with Crippen LogP contribution in [0.3, 0.4) is 0 Å². The summed E-state index contributed by atoms with van der Waals surface area (Å²) in [6, 6.07) is 0. The highest BCUT2D eigenvalue weighted by Crippen LogP contribution is 2.22. The average Bonchev–Trinajstić information content (AvgIpc) is 2.84. The molecular formula is C32H61NO. The van der Waals surface area contributed by atoms with Crippen molar-refractivity contribution in [1.29, 1.82) is 0 Å². The van der Waals surface area contributed by atoms with Gasteiger partial charge in [0.25, 0.3) is 0 Å². The number of piperidine rings is 1. The monoisotopic (exact) mass is 475 g/mol. The van der Waals surface area contributed by atoms with Crippen LogP contribution in [0.25, 0.3) is 0 Å². The molecule has 0 amide bonds. The normalized spacial score (nSPS) is 17.8. The number of likely N-dealkylation sites (tertiary alicyclic amines) is 1. The lowest BCUT2D eigenvalue weighted by Crippen LogP contribution is -2.40. The second kappa shape index (κ2) is 21.7. The van der Waals surface area contributed by atoms with Crippen molar-refractivity contribution >= 4 is 0 Å². The first-order valence-electron chi connectivity index (χ1n) is 15.5. The van der Waals surface area contributed by atoms with Gasteiger partial charge < -0.3 is 9.64 Å². The molecule has 1 saturated heterocycles. The van der Waals surface area contributed by atoms with Crippen molar-refractivity contribution in [3.05, 3.63) is 0 Å². The fourth-order valence-corrected chi connectivity index (χ4v) is 5.40. The van der Waals surface area contributed by atoms with E-state index in [0.717, 1.165) is 5.92 Å². The minimum absolute atomic E-state index is 0.0761. The molecule has 34 heavy (non-hydrogen) atoms. The largest absolute Gasteiger partial charge is 0.362 e. The summed E-state index contributed by atoms with van der Waals surface area (Å²) in [6.07, 6.45) is 24.5. The van der Waals surface area contributed by atoms with Crippen molar-refractivity contribution in [3.63, 3.8) is 0 Å². The van der Waals surface area contributed by atoms with E-state index in [2.05, 4.69) is 51.4 Å². The van der Waals surface area contributed by atoms with Gasteiger partial charge in [-0.1, -0.05) is 117 Å². The maximum Gasteiger partial charge on any atom is 0.115 e. The van der Waals surface area contributed by atoms with E-state index in [1.807, 2.05) is 0 Å². The van der Waals surface area contributed by atoms with E-state index in [0.29, 0.717) is 12.0 Å². The van der Waals surface area contributed by atoms with E-state index in [9.17, 15) is 0 Å². The second-order valence-corrected chi connectivity index (χ2v) is 11.1. The van der Waals surface area contributed by atoms with Gasteiger partial charge >= 0.3 is 0 Å². The highest BCUT2D eigenvalue weighted by Gasteiger charge is 2.23. The zero-order chi connectivity index (χ0) is 24.9. The highest BCUT2D eigenvalue weighted by atomic mass is 16.5. The number of ether oxygens (including phenoxy) is 1. The Morgan fingerprint density at radius 2 is 1.21 bits per heavy atom. The van der Waals surface area contributed by atoms with Gasteiger partial charge in [-0.2, -0.15) is 0 Å². The van der Waals surface area contributed by atoms with E-state index in [-0.39, 0.29) is 6.10 Å². The zero-order valence-electron chi connectivity index (χ0n) is 24.0. The van der Waals surface area contributed by atoms with Crippen LogP contribution in [-0.2, 0) is 4.74 Å². The van der Waals surface area contributed by atoms with Gasteiger partial charge in [-0.25, -0.2) is 0 Å². The highest BCUT2D eigenvalue weighted by molar-refractivity contribution is 5.08. The predicted octanol–water partition coefficient (Wildman–Crippen LogP) is 9.41. The second-order valence-electron chi connectivity index (χ2n) is 11.1. The minimum Gasteiger partial charge on any atom is -0.362 e. The van der Waals surface area contributed by atoms with Crippen LogP contribution >= 0.6 is 0 Å². The number of unbranched alkanes of at least 4 members (excludes halogenated alkanes) is 8. The molecular weight excluding hydrogens is 414 g/mol. The first-order valence-corrected chi connectivity index (χ1v) is 15.5. The van der Waals surface area contributed by atoms with Gasteiger partial charge in [0.05, 0.1) is 6.10 Å². The van der Waals surface area contributed by atoms with Gasteiger partial charge in [0.15, 0.2) is 0 Å². The summed E-state index contributed by atoms with van der Waals surface area (Å²) in [7, 11) is 0.